The average molecular weight is 423 g/mol. The van der Waals surface area contributed by atoms with Gasteiger partial charge in [-0.3, -0.25) is 9.59 Å². The van der Waals surface area contributed by atoms with Gasteiger partial charge in [-0.25, -0.2) is 4.39 Å². The molecular weight excluding hydrogens is 387 g/mol. The van der Waals surface area contributed by atoms with Crippen molar-refractivity contribution in [2.45, 2.75) is 46.6 Å². The summed E-state index contributed by atoms with van der Waals surface area (Å²) in [5, 5.41) is 5.28. The standard InChI is InChI=1S/C21H29FN2O4.C2H6/c1-4-18(28-14-17-10-6-5-7-12-19(17)22)11-8-9-13-23-21(26)20(15-27-3)24-16(2)25;1-2/h4-5,7-8,10-12,20H,6,9,13-15H2,1-3H3,(H,23,26)(H,24,25);1-2H3/b11-8-,18-4+;/t20-;/m1./s1. The maximum absolute atomic E-state index is 13.8. The number of carbonyl (C=O) groups is 2. The molecule has 0 spiro atoms. The number of allylic oxidation sites excluding steroid dienone is 6. The minimum Gasteiger partial charge on any atom is -0.489 e. The Morgan fingerprint density at radius 2 is 2.07 bits per heavy atom. The number of methoxy groups -OCH3 is 1. The van der Waals surface area contributed by atoms with Crippen LogP contribution in [0.4, 0.5) is 4.39 Å². The highest BCUT2D eigenvalue weighted by Gasteiger charge is 2.18. The maximum atomic E-state index is 13.8. The number of halogens is 1. The molecular formula is C23H35FN2O4. The first-order valence-electron chi connectivity index (χ1n) is 10.2. The van der Waals surface area contributed by atoms with Crippen LogP contribution in [-0.4, -0.2) is 44.7 Å². The third-order valence-electron chi connectivity index (χ3n) is 3.78. The zero-order valence-corrected chi connectivity index (χ0v) is 18.7. The van der Waals surface area contributed by atoms with Crippen molar-refractivity contribution in [2.24, 2.45) is 0 Å². The molecule has 0 aromatic rings. The van der Waals surface area contributed by atoms with Gasteiger partial charge in [0.1, 0.15) is 24.2 Å². The second-order valence-corrected chi connectivity index (χ2v) is 6.08. The topological polar surface area (TPSA) is 76.7 Å². The normalized spacial score (nSPS) is 14.7. The van der Waals surface area contributed by atoms with E-state index in [1.807, 2.05) is 32.9 Å². The number of carbonyl (C=O) groups excluding carboxylic acids is 2. The minimum absolute atomic E-state index is 0.105. The summed E-state index contributed by atoms with van der Waals surface area (Å²) in [4.78, 5) is 23.2. The van der Waals surface area contributed by atoms with E-state index in [2.05, 4.69) is 10.6 Å². The van der Waals surface area contributed by atoms with Gasteiger partial charge in [-0.1, -0.05) is 38.2 Å². The van der Waals surface area contributed by atoms with Gasteiger partial charge in [0, 0.05) is 26.2 Å². The van der Waals surface area contributed by atoms with Crippen LogP contribution in [0.5, 0.6) is 0 Å². The third-order valence-corrected chi connectivity index (χ3v) is 3.78. The Morgan fingerprint density at radius 1 is 1.33 bits per heavy atom. The lowest BCUT2D eigenvalue weighted by Crippen LogP contribution is -2.48. The van der Waals surface area contributed by atoms with Crippen LogP contribution in [0.1, 0.15) is 40.5 Å². The highest BCUT2D eigenvalue weighted by atomic mass is 19.1. The van der Waals surface area contributed by atoms with Crippen LogP contribution in [0.15, 0.2) is 59.7 Å². The lowest BCUT2D eigenvalue weighted by Gasteiger charge is -2.16. The third kappa shape index (κ3) is 12.0. The smallest absolute Gasteiger partial charge is 0.244 e. The second kappa shape index (κ2) is 17.2. The molecule has 1 rings (SSSR count). The number of hydrogen-bond donors (Lipinski definition) is 2. The Morgan fingerprint density at radius 3 is 2.70 bits per heavy atom. The second-order valence-electron chi connectivity index (χ2n) is 6.08. The summed E-state index contributed by atoms with van der Waals surface area (Å²) in [5.41, 5.74) is 0.521. The summed E-state index contributed by atoms with van der Waals surface area (Å²) in [6, 6.07) is -0.716. The van der Waals surface area contributed by atoms with Gasteiger partial charge >= 0.3 is 0 Å². The SMILES string of the molecule is C/C=C(\C=C/CCNC(=O)[C@@H](COC)NC(C)=O)OCC1=CCC=CC=C1F.CC. The van der Waals surface area contributed by atoms with Crippen LogP contribution in [0, 0.1) is 0 Å². The van der Waals surface area contributed by atoms with Crippen LogP contribution < -0.4 is 10.6 Å². The van der Waals surface area contributed by atoms with E-state index in [9.17, 15) is 14.0 Å². The van der Waals surface area contributed by atoms with Crippen LogP contribution in [0.3, 0.4) is 0 Å². The van der Waals surface area contributed by atoms with Crippen molar-refractivity contribution in [3.63, 3.8) is 0 Å². The molecule has 0 aromatic carbocycles. The Labute approximate surface area is 179 Å². The van der Waals surface area contributed by atoms with Crippen molar-refractivity contribution >= 4 is 11.8 Å². The number of nitrogens with one attached hydrogen (secondary N) is 2. The lowest BCUT2D eigenvalue weighted by molar-refractivity contribution is -0.129. The van der Waals surface area contributed by atoms with E-state index in [1.165, 1.54) is 20.1 Å². The number of rotatable bonds is 11. The fourth-order valence-corrected chi connectivity index (χ4v) is 2.36. The molecule has 168 valence electrons. The predicted octanol–water partition coefficient (Wildman–Crippen LogP) is 3.89. The number of ether oxygens (including phenoxy) is 2. The van der Waals surface area contributed by atoms with E-state index in [4.69, 9.17) is 9.47 Å². The zero-order valence-electron chi connectivity index (χ0n) is 18.7. The Kier molecular flexibility index (Phi) is 15.7. The molecule has 0 aromatic heterocycles. The molecule has 7 heteroatoms. The predicted molar refractivity (Wildman–Crippen MR) is 118 cm³/mol. The van der Waals surface area contributed by atoms with Crippen molar-refractivity contribution in [3.05, 3.63) is 59.7 Å². The molecule has 0 saturated carbocycles. The first kappa shape index (κ1) is 27.3. The average Bonchev–Trinajstić information content (AvgIpc) is 2.94. The van der Waals surface area contributed by atoms with Crippen molar-refractivity contribution in [1.29, 1.82) is 0 Å². The summed E-state index contributed by atoms with van der Waals surface area (Å²) in [6.07, 6.45) is 13.5. The van der Waals surface area contributed by atoms with Crippen molar-refractivity contribution < 1.29 is 23.5 Å². The number of hydrogen-bond acceptors (Lipinski definition) is 4. The van der Waals surface area contributed by atoms with Gasteiger partial charge in [0.25, 0.3) is 0 Å². The fourth-order valence-electron chi connectivity index (χ4n) is 2.36. The Bertz CT molecular complexity index is 679. The molecule has 0 bridgehead atoms. The van der Waals surface area contributed by atoms with Gasteiger partial charge in [0.2, 0.25) is 11.8 Å². The van der Waals surface area contributed by atoms with Crippen LogP contribution in [-0.2, 0) is 19.1 Å². The Balaban J connectivity index is 0.00000407. The maximum Gasteiger partial charge on any atom is 0.244 e. The molecule has 0 unspecified atom stereocenters. The quantitative estimate of drug-likeness (QED) is 0.301. The van der Waals surface area contributed by atoms with Crippen LogP contribution in [0.25, 0.3) is 0 Å². The molecule has 0 radical (unpaired) electrons. The summed E-state index contributed by atoms with van der Waals surface area (Å²) >= 11 is 0. The first-order valence-corrected chi connectivity index (χ1v) is 10.2. The first-order chi connectivity index (χ1) is 14.5. The lowest BCUT2D eigenvalue weighted by atomic mass is 10.2. The molecule has 0 aliphatic heterocycles. The van der Waals surface area contributed by atoms with E-state index in [0.717, 1.165) is 0 Å². The molecule has 1 aliphatic carbocycles. The minimum atomic E-state index is -0.716. The van der Waals surface area contributed by atoms with E-state index in [1.54, 1.807) is 24.3 Å². The van der Waals surface area contributed by atoms with E-state index >= 15 is 0 Å². The summed E-state index contributed by atoms with van der Waals surface area (Å²) in [5.74, 6) is -0.268. The molecule has 1 atom stereocenters. The Hall–Kier alpha value is -2.67. The van der Waals surface area contributed by atoms with Gasteiger partial charge in [-0.2, -0.15) is 0 Å². The van der Waals surface area contributed by atoms with Crippen molar-refractivity contribution in [3.8, 4) is 0 Å². The van der Waals surface area contributed by atoms with Gasteiger partial charge in [0.05, 0.1) is 6.61 Å². The van der Waals surface area contributed by atoms with Crippen LogP contribution >= 0.6 is 0 Å². The molecule has 0 fully saturated rings. The highest BCUT2D eigenvalue weighted by molar-refractivity contribution is 5.86. The van der Waals surface area contributed by atoms with Gasteiger partial charge < -0.3 is 20.1 Å². The monoisotopic (exact) mass is 422 g/mol. The van der Waals surface area contributed by atoms with E-state index in [0.29, 0.717) is 30.7 Å². The zero-order chi connectivity index (χ0) is 22.8. The molecule has 0 saturated heterocycles. The molecule has 6 nitrogen and oxygen atoms in total. The van der Waals surface area contributed by atoms with E-state index < -0.39 is 6.04 Å². The summed E-state index contributed by atoms with van der Waals surface area (Å²) < 4.78 is 24.4. The van der Waals surface area contributed by atoms with Crippen molar-refractivity contribution in [1.82, 2.24) is 10.6 Å². The highest BCUT2D eigenvalue weighted by Crippen LogP contribution is 2.17. The largest absolute Gasteiger partial charge is 0.489 e. The molecule has 0 heterocycles. The molecule has 2 N–H and O–H groups in total. The van der Waals surface area contributed by atoms with Crippen molar-refractivity contribution in [2.75, 3.05) is 26.9 Å². The number of amides is 2. The summed E-state index contributed by atoms with van der Waals surface area (Å²) in [6.45, 7) is 7.84. The van der Waals surface area contributed by atoms with E-state index in [-0.39, 0.29) is 30.9 Å². The fraction of sp³-hybridized carbons (Fsp3) is 0.478. The van der Waals surface area contributed by atoms with Crippen LogP contribution in [0.2, 0.25) is 0 Å². The molecule has 1 aliphatic rings. The molecule has 30 heavy (non-hydrogen) atoms. The van der Waals surface area contributed by atoms with Gasteiger partial charge in [0.15, 0.2) is 0 Å². The molecule has 2 amide bonds. The van der Waals surface area contributed by atoms with Gasteiger partial charge in [-0.05, 0) is 38.0 Å². The summed E-state index contributed by atoms with van der Waals surface area (Å²) in [7, 11) is 1.47. The van der Waals surface area contributed by atoms with Gasteiger partial charge in [-0.15, -0.1) is 0 Å².